The van der Waals surface area contributed by atoms with Crippen LogP contribution in [0.1, 0.15) is 26.3 Å². The van der Waals surface area contributed by atoms with Gasteiger partial charge in [-0.2, -0.15) is 0 Å². The average Bonchev–Trinajstić information content (AvgIpc) is 2.46. The van der Waals surface area contributed by atoms with Gasteiger partial charge >= 0.3 is 5.97 Å². The number of carbonyl (C=O) groups excluding carboxylic acids is 2. The lowest BCUT2D eigenvalue weighted by Gasteiger charge is -2.26. The molecule has 0 aliphatic rings. The lowest BCUT2D eigenvalue weighted by molar-refractivity contribution is -0.150. The molecule has 0 fully saturated rings. The Balaban J connectivity index is 2.83. The molecule has 0 aliphatic carbocycles. The Bertz CT molecular complexity index is 460. The van der Waals surface area contributed by atoms with Crippen molar-refractivity contribution in [2.24, 2.45) is 11.7 Å². The first-order valence-electron chi connectivity index (χ1n) is 7.19. The van der Waals surface area contributed by atoms with E-state index in [1.807, 2.05) is 44.2 Å². The Morgan fingerprint density at radius 1 is 1.24 bits per heavy atom. The lowest BCUT2D eigenvalue weighted by Crippen LogP contribution is -2.48. The first-order valence-corrected chi connectivity index (χ1v) is 7.19. The van der Waals surface area contributed by atoms with E-state index in [9.17, 15) is 9.59 Å². The monoisotopic (exact) mass is 292 g/mol. The van der Waals surface area contributed by atoms with Crippen LogP contribution >= 0.6 is 0 Å². The zero-order valence-electron chi connectivity index (χ0n) is 12.9. The van der Waals surface area contributed by atoms with Gasteiger partial charge in [0.25, 0.3) is 0 Å². The molecule has 0 saturated carbocycles. The van der Waals surface area contributed by atoms with Crippen molar-refractivity contribution in [2.45, 2.75) is 33.4 Å². The molecule has 0 saturated heterocycles. The molecular weight excluding hydrogens is 268 g/mol. The summed E-state index contributed by atoms with van der Waals surface area (Å²) in [5.41, 5.74) is 6.87. The molecule has 1 amide bonds. The molecule has 0 aromatic heterocycles. The number of carbonyl (C=O) groups is 2. The van der Waals surface area contributed by atoms with Gasteiger partial charge in [-0.3, -0.25) is 9.59 Å². The van der Waals surface area contributed by atoms with Crippen LogP contribution in [0.15, 0.2) is 30.3 Å². The number of rotatable bonds is 7. The highest BCUT2D eigenvalue weighted by atomic mass is 16.5. The molecule has 21 heavy (non-hydrogen) atoms. The normalized spacial score (nSPS) is 12.0. The van der Waals surface area contributed by atoms with E-state index in [2.05, 4.69) is 0 Å². The zero-order valence-corrected chi connectivity index (χ0v) is 12.9. The van der Waals surface area contributed by atoms with Crippen molar-refractivity contribution >= 4 is 11.9 Å². The number of amides is 1. The van der Waals surface area contributed by atoms with Gasteiger partial charge in [-0.25, -0.2) is 0 Å². The second-order valence-corrected chi connectivity index (χ2v) is 5.25. The van der Waals surface area contributed by atoms with Crippen LogP contribution in [0, 0.1) is 5.92 Å². The molecule has 1 unspecified atom stereocenters. The molecule has 0 heterocycles. The number of hydrogen-bond donors (Lipinski definition) is 1. The summed E-state index contributed by atoms with van der Waals surface area (Å²) < 4.78 is 4.93. The largest absolute Gasteiger partial charge is 0.465 e. The van der Waals surface area contributed by atoms with E-state index in [0.717, 1.165) is 5.56 Å². The van der Waals surface area contributed by atoms with Crippen LogP contribution in [0.3, 0.4) is 0 Å². The van der Waals surface area contributed by atoms with Crippen LogP contribution in [0.25, 0.3) is 0 Å². The smallest absolute Gasteiger partial charge is 0.325 e. The number of esters is 1. The van der Waals surface area contributed by atoms with Gasteiger partial charge in [-0.05, 0) is 18.4 Å². The Labute approximate surface area is 126 Å². The standard InChI is InChI=1S/C16H24N2O3/c1-4-21-14(19)11-18(16(20)15(17)12(2)3)10-13-8-6-5-7-9-13/h5-9,12,15H,4,10-11,17H2,1-3H3. The lowest BCUT2D eigenvalue weighted by atomic mass is 10.0. The molecule has 0 aliphatic heterocycles. The van der Waals surface area contributed by atoms with Gasteiger partial charge in [0, 0.05) is 6.54 Å². The molecule has 1 atom stereocenters. The average molecular weight is 292 g/mol. The number of nitrogens with zero attached hydrogens (tertiary/aromatic N) is 1. The minimum absolute atomic E-state index is 0.0120. The summed E-state index contributed by atoms with van der Waals surface area (Å²) >= 11 is 0. The molecule has 0 spiro atoms. The minimum Gasteiger partial charge on any atom is -0.465 e. The highest BCUT2D eigenvalue weighted by molar-refractivity contribution is 5.85. The maximum Gasteiger partial charge on any atom is 0.325 e. The highest BCUT2D eigenvalue weighted by Crippen LogP contribution is 2.09. The van der Waals surface area contributed by atoms with E-state index in [1.165, 1.54) is 4.90 Å². The van der Waals surface area contributed by atoms with E-state index < -0.39 is 12.0 Å². The molecule has 5 heteroatoms. The van der Waals surface area contributed by atoms with E-state index in [4.69, 9.17) is 10.5 Å². The first kappa shape index (κ1) is 17.2. The number of benzene rings is 1. The summed E-state index contributed by atoms with van der Waals surface area (Å²) in [4.78, 5) is 25.6. The van der Waals surface area contributed by atoms with Crippen LogP contribution in [0.4, 0.5) is 0 Å². The van der Waals surface area contributed by atoms with Crippen molar-refractivity contribution in [3.8, 4) is 0 Å². The van der Waals surface area contributed by atoms with E-state index in [1.54, 1.807) is 6.92 Å². The molecule has 2 N–H and O–H groups in total. The fourth-order valence-corrected chi connectivity index (χ4v) is 1.87. The van der Waals surface area contributed by atoms with E-state index in [0.29, 0.717) is 13.2 Å². The van der Waals surface area contributed by atoms with Crippen LogP contribution in [-0.2, 0) is 20.9 Å². The highest BCUT2D eigenvalue weighted by Gasteiger charge is 2.25. The summed E-state index contributed by atoms with van der Waals surface area (Å²) in [6, 6.07) is 8.89. The maximum atomic E-state index is 12.4. The van der Waals surface area contributed by atoms with Crippen molar-refractivity contribution in [2.75, 3.05) is 13.2 Å². The molecule has 1 rings (SSSR count). The summed E-state index contributed by atoms with van der Waals surface area (Å²) in [5, 5.41) is 0. The third-order valence-electron chi connectivity index (χ3n) is 3.16. The summed E-state index contributed by atoms with van der Waals surface area (Å²) in [7, 11) is 0. The van der Waals surface area contributed by atoms with Crippen LogP contribution in [-0.4, -0.2) is 36.0 Å². The van der Waals surface area contributed by atoms with Gasteiger partial charge in [0.2, 0.25) is 5.91 Å². The Morgan fingerprint density at radius 3 is 2.38 bits per heavy atom. The van der Waals surface area contributed by atoms with Crippen molar-refractivity contribution in [1.29, 1.82) is 0 Å². The molecular formula is C16H24N2O3. The molecule has 1 aromatic carbocycles. The first-order chi connectivity index (χ1) is 9.95. The second kappa shape index (κ2) is 8.42. The van der Waals surface area contributed by atoms with Crippen molar-refractivity contribution in [1.82, 2.24) is 4.90 Å². The van der Waals surface area contributed by atoms with Gasteiger partial charge < -0.3 is 15.4 Å². The predicted molar refractivity (Wildman–Crippen MR) is 81.3 cm³/mol. The molecule has 5 nitrogen and oxygen atoms in total. The molecule has 116 valence electrons. The van der Waals surface area contributed by atoms with Gasteiger partial charge in [0.05, 0.1) is 12.6 Å². The van der Waals surface area contributed by atoms with Crippen molar-refractivity contribution in [3.63, 3.8) is 0 Å². The third kappa shape index (κ3) is 5.55. The molecule has 1 aromatic rings. The Kier molecular flexibility index (Phi) is 6.88. The number of hydrogen-bond acceptors (Lipinski definition) is 4. The van der Waals surface area contributed by atoms with Crippen LogP contribution < -0.4 is 5.73 Å². The fraction of sp³-hybridized carbons (Fsp3) is 0.500. The van der Waals surface area contributed by atoms with Crippen LogP contribution in [0.2, 0.25) is 0 Å². The quantitative estimate of drug-likeness (QED) is 0.774. The number of nitrogens with two attached hydrogens (primary N) is 1. The van der Waals surface area contributed by atoms with Crippen molar-refractivity contribution in [3.05, 3.63) is 35.9 Å². The SMILES string of the molecule is CCOC(=O)CN(Cc1ccccc1)C(=O)C(N)C(C)C. The van der Waals surface area contributed by atoms with Gasteiger partial charge in [0.15, 0.2) is 0 Å². The fourth-order valence-electron chi connectivity index (χ4n) is 1.87. The molecule has 0 radical (unpaired) electrons. The van der Waals surface area contributed by atoms with Gasteiger partial charge in [0.1, 0.15) is 6.54 Å². The third-order valence-corrected chi connectivity index (χ3v) is 3.16. The second-order valence-electron chi connectivity index (χ2n) is 5.25. The maximum absolute atomic E-state index is 12.4. The van der Waals surface area contributed by atoms with Gasteiger partial charge in [-0.15, -0.1) is 0 Å². The number of ether oxygens (including phenoxy) is 1. The Hall–Kier alpha value is -1.88. The summed E-state index contributed by atoms with van der Waals surface area (Å²) in [5.74, 6) is -0.641. The van der Waals surface area contributed by atoms with Gasteiger partial charge in [-0.1, -0.05) is 44.2 Å². The molecule has 0 bridgehead atoms. The summed E-state index contributed by atoms with van der Waals surface area (Å²) in [6.07, 6.45) is 0. The topological polar surface area (TPSA) is 72.6 Å². The Morgan fingerprint density at radius 2 is 1.86 bits per heavy atom. The van der Waals surface area contributed by atoms with E-state index >= 15 is 0 Å². The zero-order chi connectivity index (χ0) is 15.8. The minimum atomic E-state index is -0.622. The van der Waals surface area contributed by atoms with E-state index in [-0.39, 0.29) is 18.4 Å². The summed E-state index contributed by atoms with van der Waals surface area (Å²) in [6.45, 7) is 6.06. The van der Waals surface area contributed by atoms with Crippen molar-refractivity contribution < 1.29 is 14.3 Å². The van der Waals surface area contributed by atoms with Crippen LogP contribution in [0.5, 0.6) is 0 Å². The predicted octanol–water partition coefficient (Wildman–Crippen LogP) is 1.56.